The molecule has 0 heterocycles. The van der Waals surface area contributed by atoms with Crippen molar-refractivity contribution < 1.29 is 4.74 Å². The van der Waals surface area contributed by atoms with E-state index in [1.807, 2.05) is 0 Å². The summed E-state index contributed by atoms with van der Waals surface area (Å²) in [6.45, 7) is 14.7. The van der Waals surface area contributed by atoms with Crippen molar-refractivity contribution in [2.45, 2.75) is 47.5 Å². The van der Waals surface area contributed by atoms with Crippen LogP contribution in [0.3, 0.4) is 0 Å². The lowest BCUT2D eigenvalue weighted by Crippen LogP contribution is -2.29. The van der Waals surface area contributed by atoms with Gasteiger partial charge in [0.15, 0.2) is 0 Å². The Balaban J connectivity index is 3.75. The minimum absolute atomic E-state index is 0.405. The van der Waals surface area contributed by atoms with Crippen LogP contribution in [-0.2, 0) is 4.74 Å². The lowest BCUT2D eigenvalue weighted by molar-refractivity contribution is 0.130. The molecule has 0 fully saturated rings. The van der Waals surface area contributed by atoms with Gasteiger partial charge in [-0.05, 0) is 43.2 Å². The third-order valence-electron chi connectivity index (χ3n) is 3.59. The number of ether oxygens (including phenoxy) is 1. The van der Waals surface area contributed by atoms with Gasteiger partial charge in [0.1, 0.15) is 0 Å². The first-order chi connectivity index (χ1) is 7.40. The zero-order valence-electron chi connectivity index (χ0n) is 12.1. The summed E-state index contributed by atoms with van der Waals surface area (Å²) in [5, 5.41) is 3.52. The van der Waals surface area contributed by atoms with Crippen molar-refractivity contribution in [2.75, 3.05) is 26.8 Å². The van der Waals surface area contributed by atoms with E-state index in [0.717, 1.165) is 32.0 Å². The van der Waals surface area contributed by atoms with Gasteiger partial charge in [0, 0.05) is 13.7 Å². The molecule has 0 rings (SSSR count). The maximum Gasteiger partial charge on any atom is 0.0465 e. The van der Waals surface area contributed by atoms with E-state index in [-0.39, 0.29) is 0 Å². The number of nitrogens with one attached hydrogen (secondary N) is 1. The molecule has 1 N–H and O–H groups in total. The van der Waals surface area contributed by atoms with Crippen LogP contribution in [-0.4, -0.2) is 26.8 Å². The van der Waals surface area contributed by atoms with Gasteiger partial charge in [-0.1, -0.05) is 34.6 Å². The van der Waals surface area contributed by atoms with Gasteiger partial charge in [-0.25, -0.2) is 0 Å². The Labute approximate surface area is 102 Å². The number of methoxy groups -OCH3 is 1. The summed E-state index contributed by atoms with van der Waals surface area (Å²) in [6, 6.07) is 0. The molecule has 0 saturated carbocycles. The summed E-state index contributed by atoms with van der Waals surface area (Å²) in [4.78, 5) is 0. The Morgan fingerprint density at radius 3 is 2.31 bits per heavy atom. The molecule has 1 unspecified atom stereocenters. The Morgan fingerprint density at radius 2 is 1.81 bits per heavy atom. The van der Waals surface area contributed by atoms with Gasteiger partial charge in [-0.3, -0.25) is 0 Å². The van der Waals surface area contributed by atoms with E-state index >= 15 is 0 Å². The summed E-state index contributed by atoms with van der Waals surface area (Å²) in [7, 11) is 1.78. The van der Waals surface area contributed by atoms with E-state index in [0.29, 0.717) is 11.3 Å². The SMILES string of the molecule is COCCC(C)C(C)(C)CCNCC(C)C. The quantitative estimate of drug-likeness (QED) is 0.612. The molecule has 0 aliphatic heterocycles. The van der Waals surface area contributed by atoms with Gasteiger partial charge in [0.05, 0.1) is 0 Å². The number of hydrogen-bond donors (Lipinski definition) is 1. The van der Waals surface area contributed by atoms with Gasteiger partial charge in [-0.15, -0.1) is 0 Å². The van der Waals surface area contributed by atoms with Crippen molar-refractivity contribution in [3.05, 3.63) is 0 Å². The standard InChI is InChI=1S/C14H31NO/c1-12(2)11-15-9-8-14(4,5)13(3)7-10-16-6/h12-13,15H,7-11H2,1-6H3. The van der Waals surface area contributed by atoms with Crippen LogP contribution in [0.25, 0.3) is 0 Å². The summed E-state index contributed by atoms with van der Waals surface area (Å²) >= 11 is 0. The third kappa shape index (κ3) is 7.24. The molecule has 0 aliphatic rings. The molecule has 98 valence electrons. The predicted molar refractivity (Wildman–Crippen MR) is 71.8 cm³/mol. The first-order valence-electron chi connectivity index (χ1n) is 6.59. The topological polar surface area (TPSA) is 21.3 Å². The van der Waals surface area contributed by atoms with Crippen molar-refractivity contribution in [1.29, 1.82) is 0 Å². The highest BCUT2D eigenvalue weighted by Gasteiger charge is 2.24. The fourth-order valence-electron chi connectivity index (χ4n) is 1.73. The highest BCUT2D eigenvalue weighted by atomic mass is 16.5. The highest BCUT2D eigenvalue weighted by molar-refractivity contribution is 4.76. The molecule has 0 aromatic rings. The molecule has 16 heavy (non-hydrogen) atoms. The molecule has 0 aromatic heterocycles. The van der Waals surface area contributed by atoms with E-state index in [1.165, 1.54) is 6.42 Å². The van der Waals surface area contributed by atoms with Crippen LogP contribution >= 0.6 is 0 Å². The van der Waals surface area contributed by atoms with Crippen LogP contribution < -0.4 is 5.32 Å². The molecule has 0 amide bonds. The van der Waals surface area contributed by atoms with Crippen molar-refractivity contribution in [1.82, 2.24) is 5.32 Å². The molecule has 2 heteroatoms. The second-order valence-corrected chi connectivity index (χ2v) is 6.02. The predicted octanol–water partition coefficient (Wildman–Crippen LogP) is 3.32. The van der Waals surface area contributed by atoms with Gasteiger partial charge in [0.25, 0.3) is 0 Å². The van der Waals surface area contributed by atoms with Gasteiger partial charge in [-0.2, -0.15) is 0 Å². The van der Waals surface area contributed by atoms with Crippen molar-refractivity contribution in [3.8, 4) is 0 Å². The molecular weight excluding hydrogens is 198 g/mol. The fraction of sp³-hybridized carbons (Fsp3) is 1.00. The van der Waals surface area contributed by atoms with E-state index in [1.54, 1.807) is 7.11 Å². The molecule has 0 bridgehead atoms. The first kappa shape index (κ1) is 15.9. The normalized spacial score (nSPS) is 14.4. The monoisotopic (exact) mass is 229 g/mol. The zero-order valence-corrected chi connectivity index (χ0v) is 12.1. The van der Waals surface area contributed by atoms with Crippen LogP contribution in [0.5, 0.6) is 0 Å². The van der Waals surface area contributed by atoms with Crippen molar-refractivity contribution in [3.63, 3.8) is 0 Å². The first-order valence-corrected chi connectivity index (χ1v) is 6.59. The van der Waals surface area contributed by atoms with Gasteiger partial charge < -0.3 is 10.1 Å². The van der Waals surface area contributed by atoms with E-state index in [4.69, 9.17) is 4.74 Å². The summed E-state index contributed by atoms with van der Waals surface area (Å²) in [5.74, 6) is 1.46. The Kier molecular flexibility index (Phi) is 8.04. The zero-order chi connectivity index (χ0) is 12.6. The molecule has 0 spiro atoms. The van der Waals surface area contributed by atoms with Crippen LogP contribution in [0.4, 0.5) is 0 Å². The molecule has 0 aromatic carbocycles. The molecule has 0 aliphatic carbocycles. The maximum absolute atomic E-state index is 5.15. The lowest BCUT2D eigenvalue weighted by atomic mass is 9.76. The van der Waals surface area contributed by atoms with Crippen LogP contribution in [0.1, 0.15) is 47.5 Å². The van der Waals surface area contributed by atoms with E-state index in [2.05, 4.69) is 39.9 Å². The summed E-state index contributed by atoms with van der Waals surface area (Å²) in [6.07, 6.45) is 2.40. The maximum atomic E-state index is 5.15. The molecule has 0 saturated heterocycles. The summed E-state index contributed by atoms with van der Waals surface area (Å²) < 4.78 is 5.15. The highest BCUT2D eigenvalue weighted by Crippen LogP contribution is 2.32. The Hall–Kier alpha value is -0.0800. The lowest BCUT2D eigenvalue weighted by Gasteiger charge is -2.32. The average Bonchev–Trinajstić information content (AvgIpc) is 2.20. The van der Waals surface area contributed by atoms with Crippen molar-refractivity contribution in [2.24, 2.45) is 17.3 Å². The molecule has 1 atom stereocenters. The fourth-order valence-corrected chi connectivity index (χ4v) is 1.73. The molecular formula is C14H31NO. The van der Waals surface area contributed by atoms with Crippen LogP contribution in [0, 0.1) is 17.3 Å². The Morgan fingerprint density at radius 1 is 1.19 bits per heavy atom. The summed E-state index contributed by atoms with van der Waals surface area (Å²) in [5.41, 5.74) is 0.405. The number of hydrogen-bond acceptors (Lipinski definition) is 2. The third-order valence-corrected chi connectivity index (χ3v) is 3.59. The number of rotatable bonds is 9. The van der Waals surface area contributed by atoms with Crippen LogP contribution in [0.15, 0.2) is 0 Å². The van der Waals surface area contributed by atoms with E-state index < -0.39 is 0 Å². The molecule has 2 nitrogen and oxygen atoms in total. The van der Waals surface area contributed by atoms with Crippen LogP contribution in [0.2, 0.25) is 0 Å². The Bertz CT molecular complexity index is 166. The average molecular weight is 229 g/mol. The smallest absolute Gasteiger partial charge is 0.0465 e. The van der Waals surface area contributed by atoms with Gasteiger partial charge in [0.2, 0.25) is 0 Å². The van der Waals surface area contributed by atoms with Crippen molar-refractivity contribution >= 4 is 0 Å². The molecule has 0 radical (unpaired) electrons. The second kappa shape index (κ2) is 8.08. The largest absolute Gasteiger partial charge is 0.385 e. The minimum atomic E-state index is 0.405. The van der Waals surface area contributed by atoms with Gasteiger partial charge >= 0.3 is 0 Å². The second-order valence-electron chi connectivity index (χ2n) is 6.02. The van der Waals surface area contributed by atoms with E-state index in [9.17, 15) is 0 Å². The minimum Gasteiger partial charge on any atom is -0.385 e.